The SMILES string of the molecule is CN=C(NCCN(C(C)C)C(C)C)NCc1ccc([N+](=O)[O-])cc1. The molecule has 0 aromatic heterocycles. The summed E-state index contributed by atoms with van der Waals surface area (Å²) in [5.41, 5.74) is 1.07. The van der Waals surface area contributed by atoms with Crippen molar-refractivity contribution in [1.29, 1.82) is 0 Å². The number of benzene rings is 1. The maximum atomic E-state index is 10.7. The third-order valence-corrected chi connectivity index (χ3v) is 3.82. The van der Waals surface area contributed by atoms with E-state index in [0.717, 1.165) is 24.6 Å². The molecule has 7 nitrogen and oxygen atoms in total. The fraction of sp³-hybridized carbons (Fsp3) is 0.588. The summed E-state index contributed by atoms with van der Waals surface area (Å²) in [4.78, 5) is 16.9. The van der Waals surface area contributed by atoms with Crippen molar-refractivity contribution in [3.63, 3.8) is 0 Å². The predicted octanol–water partition coefficient (Wildman–Crippen LogP) is 2.38. The molecule has 0 aliphatic heterocycles. The minimum atomic E-state index is -0.396. The van der Waals surface area contributed by atoms with Crippen molar-refractivity contribution >= 4 is 11.6 Å². The molecule has 0 aliphatic rings. The average molecular weight is 335 g/mol. The molecule has 0 radical (unpaired) electrons. The topological polar surface area (TPSA) is 82.8 Å². The van der Waals surface area contributed by atoms with E-state index in [0.29, 0.717) is 18.6 Å². The maximum absolute atomic E-state index is 10.7. The maximum Gasteiger partial charge on any atom is 0.269 e. The molecule has 1 rings (SSSR count). The van der Waals surface area contributed by atoms with E-state index in [2.05, 4.69) is 48.2 Å². The van der Waals surface area contributed by atoms with Crippen LogP contribution in [0.2, 0.25) is 0 Å². The fourth-order valence-electron chi connectivity index (χ4n) is 2.56. The molecule has 0 fully saturated rings. The Morgan fingerprint density at radius 3 is 2.21 bits per heavy atom. The van der Waals surface area contributed by atoms with E-state index in [1.165, 1.54) is 12.1 Å². The number of hydrogen-bond donors (Lipinski definition) is 2. The molecular formula is C17H29N5O2. The molecule has 0 bridgehead atoms. The minimum absolute atomic E-state index is 0.101. The molecule has 134 valence electrons. The monoisotopic (exact) mass is 335 g/mol. The first kappa shape index (κ1) is 19.9. The number of nitrogens with zero attached hydrogens (tertiary/aromatic N) is 3. The van der Waals surface area contributed by atoms with Crippen LogP contribution in [0.25, 0.3) is 0 Å². The lowest BCUT2D eigenvalue weighted by molar-refractivity contribution is -0.384. The first-order valence-electron chi connectivity index (χ1n) is 8.28. The van der Waals surface area contributed by atoms with Crippen LogP contribution in [0.15, 0.2) is 29.3 Å². The van der Waals surface area contributed by atoms with Crippen molar-refractivity contribution in [1.82, 2.24) is 15.5 Å². The van der Waals surface area contributed by atoms with Crippen molar-refractivity contribution in [2.75, 3.05) is 20.1 Å². The smallest absolute Gasteiger partial charge is 0.269 e. The summed E-state index contributed by atoms with van der Waals surface area (Å²) in [6.45, 7) is 11.1. The number of hydrogen-bond acceptors (Lipinski definition) is 4. The molecule has 0 atom stereocenters. The van der Waals surface area contributed by atoms with Gasteiger partial charge in [-0.1, -0.05) is 12.1 Å². The predicted molar refractivity (Wildman–Crippen MR) is 98.3 cm³/mol. The van der Waals surface area contributed by atoms with Crippen molar-refractivity contribution in [2.24, 2.45) is 4.99 Å². The first-order valence-corrected chi connectivity index (χ1v) is 8.28. The number of nitro groups is 1. The summed E-state index contributed by atoms with van der Waals surface area (Å²) in [5.74, 6) is 0.723. The van der Waals surface area contributed by atoms with E-state index in [-0.39, 0.29) is 5.69 Å². The van der Waals surface area contributed by atoms with Crippen LogP contribution in [-0.2, 0) is 6.54 Å². The highest BCUT2D eigenvalue weighted by Gasteiger charge is 2.12. The molecule has 0 amide bonds. The number of guanidine groups is 1. The van der Waals surface area contributed by atoms with Crippen LogP contribution in [0, 0.1) is 10.1 Å². The van der Waals surface area contributed by atoms with E-state index < -0.39 is 4.92 Å². The van der Waals surface area contributed by atoms with Gasteiger partial charge in [0.25, 0.3) is 5.69 Å². The van der Waals surface area contributed by atoms with Crippen molar-refractivity contribution in [3.05, 3.63) is 39.9 Å². The molecule has 0 saturated carbocycles. The van der Waals surface area contributed by atoms with Crippen LogP contribution in [0.4, 0.5) is 5.69 Å². The van der Waals surface area contributed by atoms with Crippen molar-refractivity contribution < 1.29 is 4.92 Å². The Bertz CT molecular complexity index is 532. The van der Waals surface area contributed by atoms with Gasteiger partial charge in [0, 0.05) is 50.9 Å². The number of nitrogens with one attached hydrogen (secondary N) is 2. The summed E-state index contributed by atoms with van der Waals surface area (Å²) in [6, 6.07) is 7.52. The van der Waals surface area contributed by atoms with Crippen LogP contribution in [0.3, 0.4) is 0 Å². The Morgan fingerprint density at radius 1 is 1.17 bits per heavy atom. The highest BCUT2D eigenvalue weighted by molar-refractivity contribution is 5.79. The molecule has 2 N–H and O–H groups in total. The Kier molecular flexibility index (Phi) is 8.18. The third kappa shape index (κ3) is 6.54. The van der Waals surface area contributed by atoms with E-state index in [1.807, 2.05) is 0 Å². The third-order valence-electron chi connectivity index (χ3n) is 3.82. The Balaban J connectivity index is 2.44. The fourth-order valence-corrected chi connectivity index (χ4v) is 2.56. The van der Waals surface area contributed by atoms with Gasteiger partial charge in [0.2, 0.25) is 0 Å². The van der Waals surface area contributed by atoms with Crippen molar-refractivity contribution in [2.45, 2.75) is 46.3 Å². The number of aliphatic imine (C=N–C) groups is 1. The molecule has 1 aromatic carbocycles. The largest absolute Gasteiger partial charge is 0.355 e. The molecule has 0 spiro atoms. The van der Waals surface area contributed by atoms with Gasteiger partial charge in [-0.2, -0.15) is 0 Å². The number of rotatable bonds is 8. The minimum Gasteiger partial charge on any atom is -0.355 e. The average Bonchev–Trinajstić information content (AvgIpc) is 2.53. The molecule has 0 saturated heterocycles. The second-order valence-electron chi connectivity index (χ2n) is 6.20. The van der Waals surface area contributed by atoms with E-state index in [1.54, 1.807) is 19.2 Å². The molecule has 24 heavy (non-hydrogen) atoms. The number of non-ortho nitro benzene ring substituents is 1. The first-order chi connectivity index (χ1) is 11.3. The summed E-state index contributed by atoms with van der Waals surface area (Å²) >= 11 is 0. The molecule has 0 aliphatic carbocycles. The molecule has 0 unspecified atom stereocenters. The van der Waals surface area contributed by atoms with E-state index in [4.69, 9.17) is 0 Å². The zero-order valence-corrected chi connectivity index (χ0v) is 15.2. The summed E-state index contributed by atoms with van der Waals surface area (Å²) in [6.07, 6.45) is 0. The lowest BCUT2D eigenvalue weighted by Crippen LogP contribution is -2.45. The highest BCUT2D eigenvalue weighted by Crippen LogP contribution is 2.11. The van der Waals surface area contributed by atoms with E-state index >= 15 is 0 Å². The van der Waals surface area contributed by atoms with Gasteiger partial charge in [-0.15, -0.1) is 0 Å². The Morgan fingerprint density at radius 2 is 1.75 bits per heavy atom. The normalized spacial score (nSPS) is 12.1. The lowest BCUT2D eigenvalue weighted by atomic mass is 10.2. The van der Waals surface area contributed by atoms with Gasteiger partial charge in [0.15, 0.2) is 5.96 Å². The second kappa shape index (κ2) is 9.87. The van der Waals surface area contributed by atoms with Gasteiger partial charge in [0.05, 0.1) is 4.92 Å². The molecule has 0 heterocycles. The van der Waals surface area contributed by atoms with Gasteiger partial charge in [0.1, 0.15) is 0 Å². The zero-order valence-electron chi connectivity index (χ0n) is 15.2. The van der Waals surface area contributed by atoms with Crippen LogP contribution in [0.5, 0.6) is 0 Å². The quantitative estimate of drug-likeness (QED) is 0.330. The Labute approximate surface area is 144 Å². The summed E-state index contributed by atoms with van der Waals surface area (Å²) in [7, 11) is 1.73. The van der Waals surface area contributed by atoms with Crippen LogP contribution < -0.4 is 10.6 Å². The summed E-state index contributed by atoms with van der Waals surface area (Å²) in [5, 5.41) is 17.2. The van der Waals surface area contributed by atoms with Crippen LogP contribution >= 0.6 is 0 Å². The van der Waals surface area contributed by atoms with Crippen LogP contribution in [0.1, 0.15) is 33.3 Å². The number of nitro benzene ring substituents is 1. The van der Waals surface area contributed by atoms with Gasteiger partial charge < -0.3 is 10.6 Å². The standard InChI is InChI=1S/C17H29N5O2/c1-13(2)21(14(3)4)11-10-19-17(18-5)20-12-15-6-8-16(9-7-15)22(23)24/h6-9,13-14H,10-12H2,1-5H3,(H2,18,19,20). The van der Waals surface area contributed by atoms with Gasteiger partial charge in [-0.25, -0.2) is 0 Å². The van der Waals surface area contributed by atoms with Gasteiger partial charge >= 0.3 is 0 Å². The molecule has 7 heteroatoms. The van der Waals surface area contributed by atoms with Crippen molar-refractivity contribution in [3.8, 4) is 0 Å². The Hall–Kier alpha value is -2.15. The van der Waals surface area contributed by atoms with Gasteiger partial charge in [-0.3, -0.25) is 20.0 Å². The highest BCUT2D eigenvalue weighted by atomic mass is 16.6. The lowest BCUT2D eigenvalue weighted by Gasteiger charge is -2.30. The van der Waals surface area contributed by atoms with Gasteiger partial charge in [-0.05, 0) is 33.3 Å². The zero-order chi connectivity index (χ0) is 18.1. The summed E-state index contributed by atoms with van der Waals surface area (Å²) < 4.78 is 0. The van der Waals surface area contributed by atoms with E-state index in [9.17, 15) is 10.1 Å². The second-order valence-corrected chi connectivity index (χ2v) is 6.20. The van der Waals surface area contributed by atoms with Crippen LogP contribution in [-0.4, -0.2) is 48.0 Å². The molecular weight excluding hydrogens is 306 g/mol. The molecule has 1 aromatic rings.